The van der Waals surface area contributed by atoms with E-state index >= 15 is 0 Å². The third-order valence-corrected chi connectivity index (χ3v) is 6.43. The number of nitrogens with zero attached hydrogens (tertiary/aromatic N) is 2. The summed E-state index contributed by atoms with van der Waals surface area (Å²) in [6, 6.07) is 21.3. The van der Waals surface area contributed by atoms with Crippen LogP contribution >= 0.6 is 22.9 Å². The Morgan fingerprint density at radius 3 is 2.52 bits per heavy atom. The van der Waals surface area contributed by atoms with Gasteiger partial charge in [0, 0.05) is 16.0 Å². The van der Waals surface area contributed by atoms with E-state index in [1.165, 1.54) is 11.3 Å². The number of carbonyl (C=O) groups excluding carboxylic acids is 1. The van der Waals surface area contributed by atoms with E-state index in [0.29, 0.717) is 15.7 Å². The molecule has 4 nitrogen and oxygen atoms in total. The van der Waals surface area contributed by atoms with Crippen LogP contribution in [-0.2, 0) is 0 Å². The van der Waals surface area contributed by atoms with Crippen molar-refractivity contribution in [3.63, 3.8) is 0 Å². The smallest absolute Gasteiger partial charge is 0.258 e. The van der Waals surface area contributed by atoms with Crippen LogP contribution in [0.15, 0.2) is 66.7 Å². The molecule has 0 aliphatic rings. The van der Waals surface area contributed by atoms with Crippen LogP contribution in [0.3, 0.4) is 0 Å². The predicted octanol–water partition coefficient (Wildman–Crippen LogP) is 7.03. The minimum atomic E-state index is -0.193. The van der Waals surface area contributed by atoms with Crippen molar-refractivity contribution in [2.75, 3.05) is 5.32 Å². The number of amides is 1. The molecule has 0 aliphatic carbocycles. The van der Waals surface area contributed by atoms with Crippen LogP contribution in [0.2, 0.25) is 5.02 Å². The third kappa shape index (κ3) is 3.67. The van der Waals surface area contributed by atoms with Gasteiger partial charge in [-0.1, -0.05) is 59.3 Å². The minimum Gasteiger partial charge on any atom is -0.298 e. The lowest BCUT2D eigenvalue weighted by Gasteiger charge is -2.14. The van der Waals surface area contributed by atoms with Crippen LogP contribution < -0.4 is 5.32 Å². The molecule has 6 heteroatoms. The van der Waals surface area contributed by atoms with Crippen LogP contribution in [0.25, 0.3) is 32.4 Å². The number of carbonyl (C=O) groups is 1. The number of aromatic nitrogens is 2. The van der Waals surface area contributed by atoms with E-state index in [2.05, 4.69) is 16.4 Å². The van der Waals surface area contributed by atoms with Crippen LogP contribution in [0.4, 0.5) is 5.13 Å². The van der Waals surface area contributed by atoms with Gasteiger partial charge in [0.25, 0.3) is 5.91 Å². The molecule has 1 amide bonds. The molecule has 0 unspecified atom stereocenters. The van der Waals surface area contributed by atoms with Crippen molar-refractivity contribution in [1.29, 1.82) is 0 Å². The normalized spacial score (nSPS) is 11.2. The second-order valence-corrected chi connectivity index (χ2v) is 8.90. The molecule has 0 spiro atoms. The summed E-state index contributed by atoms with van der Waals surface area (Å²) >= 11 is 7.53. The first-order valence-electron chi connectivity index (χ1n) is 9.83. The average Bonchev–Trinajstić information content (AvgIpc) is 3.15. The fourth-order valence-corrected chi connectivity index (χ4v) is 4.82. The summed E-state index contributed by atoms with van der Waals surface area (Å²) < 4.78 is 1.05. The first kappa shape index (κ1) is 19.7. The number of aryl methyl sites for hydroxylation is 1. The van der Waals surface area contributed by atoms with Crippen molar-refractivity contribution in [2.24, 2.45) is 0 Å². The van der Waals surface area contributed by atoms with E-state index in [1.54, 1.807) is 0 Å². The number of thiazole rings is 1. The molecule has 0 fully saturated rings. The number of pyridine rings is 1. The number of hydrogen-bond donors (Lipinski definition) is 1. The molecular weight excluding hydrogens is 426 g/mol. The van der Waals surface area contributed by atoms with Gasteiger partial charge in [0.2, 0.25) is 0 Å². The maximum atomic E-state index is 13.4. The van der Waals surface area contributed by atoms with E-state index in [-0.39, 0.29) is 5.91 Å². The molecule has 1 N–H and O–H groups in total. The van der Waals surface area contributed by atoms with Gasteiger partial charge in [-0.15, -0.1) is 0 Å². The lowest BCUT2D eigenvalue weighted by Crippen LogP contribution is -2.15. The highest BCUT2D eigenvalue weighted by Crippen LogP contribution is 2.32. The van der Waals surface area contributed by atoms with E-state index in [9.17, 15) is 4.79 Å². The number of halogens is 1. The SMILES string of the molecule is Cc1ccc2nc(NC(=O)c3c(C)c(-c4ccc(Cl)cc4)nc4ccccc34)sc2c1. The van der Waals surface area contributed by atoms with Gasteiger partial charge in [-0.25, -0.2) is 9.97 Å². The predicted molar refractivity (Wildman–Crippen MR) is 129 cm³/mol. The van der Waals surface area contributed by atoms with Crippen LogP contribution in [0.5, 0.6) is 0 Å². The van der Waals surface area contributed by atoms with Gasteiger partial charge in [-0.2, -0.15) is 0 Å². The molecule has 2 heterocycles. The van der Waals surface area contributed by atoms with Crippen LogP contribution in [-0.4, -0.2) is 15.9 Å². The van der Waals surface area contributed by atoms with Gasteiger partial charge in [-0.05, 0) is 55.3 Å². The monoisotopic (exact) mass is 443 g/mol. The summed E-state index contributed by atoms with van der Waals surface area (Å²) in [6.07, 6.45) is 0. The maximum absolute atomic E-state index is 13.4. The van der Waals surface area contributed by atoms with E-state index in [4.69, 9.17) is 16.6 Å². The highest BCUT2D eigenvalue weighted by molar-refractivity contribution is 7.22. The molecule has 0 atom stereocenters. The van der Waals surface area contributed by atoms with E-state index < -0.39 is 0 Å². The molecule has 0 saturated carbocycles. The van der Waals surface area contributed by atoms with Gasteiger partial charge >= 0.3 is 0 Å². The number of nitrogens with one attached hydrogen (secondary N) is 1. The first-order valence-corrected chi connectivity index (χ1v) is 11.0. The lowest BCUT2D eigenvalue weighted by atomic mass is 9.97. The van der Waals surface area contributed by atoms with Crippen molar-refractivity contribution in [3.8, 4) is 11.3 Å². The summed E-state index contributed by atoms with van der Waals surface area (Å²) in [5, 5.41) is 5.06. The molecule has 2 aromatic heterocycles. The molecule has 3 aromatic carbocycles. The number of benzene rings is 3. The molecule has 0 aliphatic heterocycles. The molecule has 152 valence electrons. The van der Waals surface area contributed by atoms with Crippen molar-refractivity contribution in [2.45, 2.75) is 13.8 Å². The molecule has 31 heavy (non-hydrogen) atoms. The fourth-order valence-electron chi connectivity index (χ4n) is 3.73. The zero-order valence-corrected chi connectivity index (χ0v) is 18.5. The molecule has 0 radical (unpaired) electrons. The Labute approximate surface area is 188 Å². The quantitative estimate of drug-likeness (QED) is 0.325. The van der Waals surface area contributed by atoms with Crippen molar-refractivity contribution in [3.05, 3.63) is 88.4 Å². The van der Waals surface area contributed by atoms with Crippen LogP contribution in [0.1, 0.15) is 21.5 Å². The summed E-state index contributed by atoms with van der Waals surface area (Å²) in [7, 11) is 0. The van der Waals surface area contributed by atoms with Gasteiger partial charge in [-0.3, -0.25) is 10.1 Å². The number of rotatable bonds is 3. The number of hydrogen-bond acceptors (Lipinski definition) is 4. The highest BCUT2D eigenvalue weighted by atomic mass is 35.5. The Kier molecular flexibility index (Phi) is 4.93. The lowest BCUT2D eigenvalue weighted by molar-refractivity contribution is 0.102. The second kappa shape index (κ2) is 7.76. The molecule has 0 saturated heterocycles. The van der Waals surface area contributed by atoms with Gasteiger partial charge in [0.15, 0.2) is 5.13 Å². The standard InChI is InChI=1S/C25H18ClN3OS/c1-14-7-12-20-21(13-14)31-25(28-20)29-24(30)22-15(2)23(16-8-10-17(26)11-9-16)27-19-6-4-3-5-18(19)22/h3-13H,1-2H3,(H,28,29,30). The first-order chi connectivity index (χ1) is 15.0. The van der Waals surface area contributed by atoms with Gasteiger partial charge in [0.05, 0.1) is 27.0 Å². The zero-order chi connectivity index (χ0) is 21.5. The number of fused-ring (bicyclic) bond motifs is 2. The zero-order valence-electron chi connectivity index (χ0n) is 16.9. The number of para-hydroxylation sites is 1. The minimum absolute atomic E-state index is 0.193. The Morgan fingerprint density at radius 2 is 1.71 bits per heavy atom. The average molecular weight is 444 g/mol. The second-order valence-electron chi connectivity index (χ2n) is 7.43. The summed E-state index contributed by atoms with van der Waals surface area (Å²) in [5.74, 6) is -0.193. The Morgan fingerprint density at radius 1 is 0.935 bits per heavy atom. The van der Waals surface area contributed by atoms with Crippen molar-refractivity contribution in [1.82, 2.24) is 9.97 Å². The van der Waals surface area contributed by atoms with Crippen molar-refractivity contribution < 1.29 is 4.79 Å². The summed E-state index contributed by atoms with van der Waals surface area (Å²) in [5.41, 5.74) is 5.91. The molecule has 5 aromatic rings. The largest absolute Gasteiger partial charge is 0.298 e. The van der Waals surface area contributed by atoms with E-state index in [1.807, 2.05) is 74.5 Å². The molecule has 0 bridgehead atoms. The maximum Gasteiger partial charge on any atom is 0.258 e. The highest BCUT2D eigenvalue weighted by Gasteiger charge is 2.20. The van der Waals surface area contributed by atoms with Gasteiger partial charge < -0.3 is 0 Å². The third-order valence-electron chi connectivity index (χ3n) is 5.24. The molecular formula is C25H18ClN3OS. The Hall–Kier alpha value is -3.28. The molecule has 5 rings (SSSR count). The Bertz CT molecular complexity index is 1460. The van der Waals surface area contributed by atoms with Crippen molar-refractivity contribution >= 4 is 55.1 Å². The van der Waals surface area contributed by atoms with E-state index in [0.717, 1.165) is 43.5 Å². The van der Waals surface area contributed by atoms with Gasteiger partial charge in [0.1, 0.15) is 0 Å². The summed E-state index contributed by atoms with van der Waals surface area (Å²) in [6.45, 7) is 3.97. The fraction of sp³-hybridized carbons (Fsp3) is 0.0800. The summed E-state index contributed by atoms with van der Waals surface area (Å²) in [4.78, 5) is 22.8. The topological polar surface area (TPSA) is 54.9 Å². The Balaban J connectivity index is 1.62. The number of anilines is 1. The van der Waals surface area contributed by atoms with Crippen LogP contribution in [0, 0.1) is 13.8 Å².